The van der Waals surface area contributed by atoms with Crippen LogP contribution < -0.4 is 0 Å². The Morgan fingerprint density at radius 2 is 1.72 bits per heavy atom. The Morgan fingerprint density at radius 3 is 2.38 bits per heavy atom. The van der Waals surface area contributed by atoms with Gasteiger partial charge in [-0.15, -0.1) is 0 Å². The molecule has 4 rings (SSSR count). The van der Waals surface area contributed by atoms with Crippen LogP contribution in [0.1, 0.15) is 119 Å². The molecule has 9 atom stereocenters. The quantitative estimate of drug-likeness (QED) is 0.398. The lowest BCUT2D eigenvalue weighted by Gasteiger charge is -2.60. The van der Waals surface area contributed by atoms with E-state index in [1.807, 2.05) is 0 Å². The SMILES string of the molecule is CC[C@]1(O)CC[C@@]2(C)C(=CCC3C4CC[C@H]([C@H](C)CC[C@H](O)C(C)C)[C@@]4(CC)CCC32)C1. The summed E-state index contributed by atoms with van der Waals surface area (Å²) in [5, 5.41) is 21.4. The van der Waals surface area contributed by atoms with Crippen molar-refractivity contribution in [1.29, 1.82) is 0 Å². The van der Waals surface area contributed by atoms with Gasteiger partial charge in [-0.05, 0) is 123 Å². The van der Waals surface area contributed by atoms with E-state index in [4.69, 9.17) is 0 Å². The normalized spacial score (nSPS) is 45.6. The smallest absolute Gasteiger partial charge is 0.0682 e. The van der Waals surface area contributed by atoms with E-state index in [-0.39, 0.29) is 6.10 Å². The molecule has 0 aliphatic heterocycles. The maximum atomic E-state index is 11.0. The van der Waals surface area contributed by atoms with Crippen LogP contribution in [0.2, 0.25) is 0 Å². The number of hydrogen-bond donors (Lipinski definition) is 2. The predicted molar refractivity (Wildman–Crippen MR) is 134 cm³/mol. The van der Waals surface area contributed by atoms with E-state index in [1.165, 1.54) is 51.4 Å². The molecule has 0 radical (unpaired) electrons. The van der Waals surface area contributed by atoms with Gasteiger partial charge in [-0.1, -0.05) is 53.2 Å². The first-order valence-electron chi connectivity index (χ1n) is 14.2. The third-order valence-electron chi connectivity index (χ3n) is 11.7. The Balaban J connectivity index is 1.53. The molecule has 2 N–H and O–H groups in total. The van der Waals surface area contributed by atoms with Crippen LogP contribution in [0.15, 0.2) is 11.6 Å². The molecule has 4 aliphatic rings. The van der Waals surface area contributed by atoms with E-state index in [0.717, 1.165) is 55.3 Å². The molecule has 0 heterocycles. The minimum Gasteiger partial charge on any atom is -0.393 e. The summed E-state index contributed by atoms with van der Waals surface area (Å²) in [5.74, 6) is 4.50. The van der Waals surface area contributed by atoms with Crippen molar-refractivity contribution >= 4 is 0 Å². The molecular formula is C30H52O2. The molecule has 0 bridgehead atoms. The van der Waals surface area contributed by atoms with Crippen molar-refractivity contribution in [2.24, 2.45) is 46.3 Å². The number of hydrogen-bond acceptors (Lipinski definition) is 2. The average molecular weight is 445 g/mol. The van der Waals surface area contributed by atoms with Crippen molar-refractivity contribution in [1.82, 2.24) is 0 Å². The van der Waals surface area contributed by atoms with Crippen LogP contribution in [-0.2, 0) is 0 Å². The van der Waals surface area contributed by atoms with Crippen LogP contribution in [0.25, 0.3) is 0 Å². The van der Waals surface area contributed by atoms with E-state index >= 15 is 0 Å². The Morgan fingerprint density at radius 1 is 0.969 bits per heavy atom. The summed E-state index contributed by atoms with van der Waals surface area (Å²) in [7, 11) is 0. The molecule has 3 saturated carbocycles. The molecule has 2 heteroatoms. The molecule has 184 valence electrons. The van der Waals surface area contributed by atoms with Gasteiger partial charge >= 0.3 is 0 Å². The zero-order valence-corrected chi connectivity index (χ0v) is 22.0. The molecule has 0 aromatic carbocycles. The first-order chi connectivity index (χ1) is 15.1. The Bertz CT molecular complexity index is 697. The van der Waals surface area contributed by atoms with E-state index in [9.17, 15) is 10.2 Å². The van der Waals surface area contributed by atoms with Crippen LogP contribution in [-0.4, -0.2) is 21.9 Å². The lowest BCUT2D eigenvalue weighted by Crippen LogP contribution is -2.53. The lowest BCUT2D eigenvalue weighted by molar-refractivity contribution is -0.0833. The number of rotatable bonds is 7. The van der Waals surface area contributed by atoms with Gasteiger partial charge in [-0.2, -0.15) is 0 Å². The first-order valence-corrected chi connectivity index (χ1v) is 14.2. The molecule has 4 aliphatic carbocycles. The van der Waals surface area contributed by atoms with Gasteiger partial charge in [-0.25, -0.2) is 0 Å². The van der Waals surface area contributed by atoms with Crippen LogP contribution in [0, 0.1) is 46.3 Å². The topological polar surface area (TPSA) is 40.5 Å². The van der Waals surface area contributed by atoms with Gasteiger partial charge in [0, 0.05) is 0 Å². The van der Waals surface area contributed by atoms with Crippen LogP contribution in [0.4, 0.5) is 0 Å². The molecule has 0 spiro atoms. The molecule has 3 fully saturated rings. The molecule has 2 nitrogen and oxygen atoms in total. The largest absolute Gasteiger partial charge is 0.393 e. The summed E-state index contributed by atoms with van der Waals surface area (Å²) in [4.78, 5) is 0. The summed E-state index contributed by atoms with van der Waals surface area (Å²) in [6.45, 7) is 14.0. The Kier molecular flexibility index (Phi) is 6.99. The van der Waals surface area contributed by atoms with Gasteiger partial charge in [-0.3, -0.25) is 0 Å². The van der Waals surface area contributed by atoms with Crippen LogP contribution >= 0.6 is 0 Å². The lowest BCUT2D eigenvalue weighted by atomic mass is 9.45. The summed E-state index contributed by atoms with van der Waals surface area (Å²) in [6, 6.07) is 0. The first kappa shape index (κ1) is 24.8. The van der Waals surface area contributed by atoms with E-state index in [2.05, 4.69) is 47.6 Å². The second-order valence-electron chi connectivity index (χ2n) is 13.2. The molecular weight excluding hydrogens is 392 g/mol. The number of aliphatic hydroxyl groups excluding tert-OH is 1. The monoisotopic (exact) mass is 444 g/mol. The van der Waals surface area contributed by atoms with Gasteiger partial charge in [0.25, 0.3) is 0 Å². The van der Waals surface area contributed by atoms with Gasteiger partial charge in [0.05, 0.1) is 11.7 Å². The fourth-order valence-electron chi connectivity index (χ4n) is 9.39. The van der Waals surface area contributed by atoms with Gasteiger partial charge in [0.1, 0.15) is 0 Å². The number of fused-ring (bicyclic) bond motifs is 5. The van der Waals surface area contributed by atoms with E-state index in [1.54, 1.807) is 5.57 Å². The highest BCUT2D eigenvalue weighted by Gasteiger charge is 2.60. The third-order valence-corrected chi connectivity index (χ3v) is 11.7. The highest BCUT2D eigenvalue weighted by molar-refractivity contribution is 5.27. The maximum absolute atomic E-state index is 11.0. The molecule has 0 saturated heterocycles. The summed E-state index contributed by atoms with van der Waals surface area (Å²) in [5.41, 5.74) is 2.01. The third kappa shape index (κ3) is 3.94. The Labute approximate surface area is 198 Å². The van der Waals surface area contributed by atoms with Crippen LogP contribution in [0.3, 0.4) is 0 Å². The van der Waals surface area contributed by atoms with E-state index in [0.29, 0.717) is 16.7 Å². The molecule has 0 amide bonds. The zero-order valence-electron chi connectivity index (χ0n) is 22.0. The summed E-state index contributed by atoms with van der Waals surface area (Å²) < 4.78 is 0. The van der Waals surface area contributed by atoms with E-state index < -0.39 is 5.60 Å². The standard InChI is InChI=1S/C30H52O2/c1-7-29(32)18-17-28(6)22(19-29)10-11-23-25(28)15-16-30(8-2)24(12-13-26(23)30)21(5)9-14-27(31)20(3)4/h10,20-21,23-27,31-32H,7-9,11-19H2,1-6H3/t21-,23?,24-,25?,26?,27+,28+,29+,30-/m1/s1. The molecule has 0 aromatic heterocycles. The van der Waals surface area contributed by atoms with Crippen molar-refractivity contribution in [3.05, 3.63) is 11.6 Å². The summed E-state index contributed by atoms with van der Waals surface area (Å²) >= 11 is 0. The highest BCUT2D eigenvalue weighted by Crippen LogP contribution is 2.69. The maximum Gasteiger partial charge on any atom is 0.0682 e. The highest BCUT2D eigenvalue weighted by atomic mass is 16.3. The van der Waals surface area contributed by atoms with Gasteiger partial charge < -0.3 is 10.2 Å². The fraction of sp³-hybridized carbons (Fsp3) is 0.933. The molecule has 3 unspecified atom stereocenters. The van der Waals surface area contributed by atoms with Crippen LogP contribution in [0.5, 0.6) is 0 Å². The zero-order chi connectivity index (χ0) is 23.3. The van der Waals surface area contributed by atoms with Crippen molar-refractivity contribution in [3.8, 4) is 0 Å². The number of allylic oxidation sites excluding steroid dienone is 1. The minimum absolute atomic E-state index is 0.141. The molecule has 0 aromatic rings. The number of aliphatic hydroxyl groups is 2. The minimum atomic E-state index is -0.450. The second kappa shape index (κ2) is 9.03. The Hall–Kier alpha value is -0.340. The average Bonchev–Trinajstić information content (AvgIpc) is 3.18. The molecule has 32 heavy (non-hydrogen) atoms. The fourth-order valence-corrected chi connectivity index (χ4v) is 9.39. The van der Waals surface area contributed by atoms with Crippen molar-refractivity contribution in [3.63, 3.8) is 0 Å². The van der Waals surface area contributed by atoms with Gasteiger partial charge in [0.2, 0.25) is 0 Å². The van der Waals surface area contributed by atoms with Crippen molar-refractivity contribution in [2.75, 3.05) is 0 Å². The summed E-state index contributed by atoms with van der Waals surface area (Å²) in [6.07, 6.45) is 16.8. The van der Waals surface area contributed by atoms with Crippen molar-refractivity contribution < 1.29 is 10.2 Å². The van der Waals surface area contributed by atoms with Gasteiger partial charge in [0.15, 0.2) is 0 Å². The predicted octanol–water partition coefficient (Wildman–Crippen LogP) is 7.53. The van der Waals surface area contributed by atoms with Crippen molar-refractivity contribution in [2.45, 2.75) is 130 Å². The second-order valence-corrected chi connectivity index (χ2v) is 13.2.